The molecule has 0 fully saturated rings. The molecule has 0 aliphatic rings. The van der Waals surface area contributed by atoms with Crippen molar-refractivity contribution in [1.82, 2.24) is 10.2 Å². The van der Waals surface area contributed by atoms with Crippen LogP contribution in [-0.2, 0) is 36.8 Å². The molecule has 3 aromatic rings. The zero-order chi connectivity index (χ0) is 34.7. The average Bonchev–Trinajstić information content (AvgIpc) is 3.05. The summed E-state index contributed by atoms with van der Waals surface area (Å²) < 4.78 is 0. The van der Waals surface area contributed by atoms with Gasteiger partial charge >= 0.3 is 17.8 Å². The maximum absolute atomic E-state index is 13.2. The van der Waals surface area contributed by atoms with Crippen molar-refractivity contribution in [2.75, 3.05) is 11.4 Å². The number of carboxylic acid groups (broad SMARTS) is 2. The molecule has 0 bridgehead atoms. The highest BCUT2D eigenvalue weighted by Gasteiger charge is 2.30. The molecule has 12 heteroatoms. The van der Waals surface area contributed by atoms with Gasteiger partial charge in [-0.2, -0.15) is 0 Å². The lowest BCUT2D eigenvalue weighted by atomic mass is 9.99. The van der Waals surface area contributed by atoms with E-state index in [0.717, 1.165) is 15.4 Å². The van der Waals surface area contributed by atoms with Crippen LogP contribution >= 0.6 is 0 Å². The van der Waals surface area contributed by atoms with Crippen molar-refractivity contribution in [1.29, 1.82) is 0 Å². The highest BCUT2D eigenvalue weighted by molar-refractivity contribution is 6.39. The molecule has 5 N–H and O–H groups in total. The van der Waals surface area contributed by atoms with Gasteiger partial charge in [-0.15, -0.1) is 0 Å². The summed E-state index contributed by atoms with van der Waals surface area (Å²) in [5.41, 5.74) is 8.15. The molecule has 0 aliphatic heterocycles. The predicted molar refractivity (Wildman–Crippen MR) is 175 cm³/mol. The monoisotopic (exact) mass is 644 g/mol. The van der Waals surface area contributed by atoms with E-state index in [-0.39, 0.29) is 48.3 Å². The minimum Gasteiger partial charge on any atom is -0.478 e. The Bertz CT molecular complexity index is 1620. The van der Waals surface area contributed by atoms with Crippen molar-refractivity contribution in [2.24, 2.45) is 5.73 Å². The molecule has 0 saturated carbocycles. The number of anilines is 2. The van der Waals surface area contributed by atoms with Gasteiger partial charge in [-0.25, -0.2) is 9.59 Å². The van der Waals surface area contributed by atoms with Gasteiger partial charge in [-0.3, -0.25) is 29.0 Å². The van der Waals surface area contributed by atoms with Crippen LogP contribution in [0.15, 0.2) is 72.8 Å². The van der Waals surface area contributed by atoms with Crippen LogP contribution in [0.3, 0.4) is 0 Å². The second-order valence-corrected chi connectivity index (χ2v) is 11.1. The number of nitrogens with two attached hydrogens (primary N) is 1. The van der Waals surface area contributed by atoms with Crippen LogP contribution in [-0.4, -0.2) is 63.3 Å². The van der Waals surface area contributed by atoms with Gasteiger partial charge in [0.1, 0.15) is 0 Å². The third-order valence-electron chi connectivity index (χ3n) is 7.66. The van der Waals surface area contributed by atoms with E-state index < -0.39 is 35.7 Å². The van der Waals surface area contributed by atoms with E-state index in [1.54, 1.807) is 19.1 Å². The summed E-state index contributed by atoms with van der Waals surface area (Å²) >= 11 is 0. The summed E-state index contributed by atoms with van der Waals surface area (Å²) in [6.07, 6.45) is 1.47. The molecule has 0 heterocycles. The van der Waals surface area contributed by atoms with Crippen molar-refractivity contribution in [3.63, 3.8) is 0 Å². The van der Waals surface area contributed by atoms with Crippen LogP contribution in [0.25, 0.3) is 0 Å². The van der Waals surface area contributed by atoms with E-state index >= 15 is 0 Å². The van der Waals surface area contributed by atoms with Gasteiger partial charge in [0.2, 0.25) is 17.7 Å². The summed E-state index contributed by atoms with van der Waals surface area (Å²) in [5.74, 6) is -5.64. The minimum absolute atomic E-state index is 0.0360. The number of aryl methyl sites for hydroxylation is 1. The second kappa shape index (κ2) is 16.8. The lowest BCUT2D eigenvalue weighted by Crippen LogP contribution is -2.47. The van der Waals surface area contributed by atoms with Crippen molar-refractivity contribution in [3.8, 4) is 0 Å². The zero-order valence-electron chi connectivity index (χ0n) is 26.6. The Morgan fingerprint density at radius 2 is 1.53 bits per heavy atom. The first-order valence-corrected chi connectivity index (χ1v) is 15.3. The number of rotatable bonds is 14. The highest BCUT2D eigenvalue weighted by atomic mass is 16.4. The maximum atomic E-state index is 13.2. The molecule has 0 aromatic heterocycles. The van der Waals surface area contributed by atoms with Gasteiger partial charge in [0, 0.05) is 19.9 Å². The first-order valence-electron chi connectivity index (χ1n) is 15.3. The topological polar surface area (TPSA) is 187 Å². The number of hydrogen-bond acceptors (Lipinski definition) is 7. The molecule has 2 atom stereocenters. The Kier molecular flexibility index (Phi) is 12.9. The molecule has 0 aliphatic carbocycles. The van der Waals surface area contributed by atoms with E-state index in [1.165, 1.54) is 37.3 Å². The number of nitrogens with zero attached hydrogens (tertiary/aromatic N) is 2. The third-order valence-corrected chi connectivity index (χ3v) is 7.66. The summed E-state index contributed by atoms with van der Waals surface area (Å²) in [6, 6.07) is 18.6. The van der Waals surface area contributed by atoms with E-state index in [0.29, 0.717) is 30.4 Å². The largest absolute Gasteiger partial charge is 0.478 e. The number of para-hydroxylation sites is 1. The molecular formula is C35H40N4O8. The fourth-order valence-corrected chi connectivity index (χ4v) is 5.22. The smallest absolute Gasteiger partial charge is 0.395 e. The van der Waals surface area contributed by atoms with E-state index in [4.69, 9.17) is 5.73 Å². The van der Waals surface area contributed by atoms with Gasteiger partial charge in [0.05, 0.1) is 29.0 Å². The molecule has 2 unspecified atom stereocenters. The number of carbonyl (C=O) groups excluding carboxylic acids is 4. The van der Waals surface area contributed by atoms with Crippen molar-refractivity contribution < 1.29 is 39.0 Å². The van der Waals surface area contributed by atoms with Crippen molar-refractivity contribution >= 4 is 46.9 Å². The summed E-state index contributed by atoms with van der Waals surface area (Å²) in [5, 5.41) is 22.2. The van der Waals surface area contributed by atoms with Gasteiger partial charge in [0.25, 0.3) is 0 Å². The fraction of sp³-hybridized carbons (Fsp3) is 0.314. The molecular weight excluding hydrogens is 604 g/mol. The number of carbonyl (C=O) groups is 6. The van der Waals surface area contributed by atoms with Gasteiger partial charge in [-0.05, 0) is 67.5 Å². The Balaban J connectivity index is 1.69. The highest BCUT2D eigenvalue weighted by Crippen LogP contribution is 2.33. The lowest BCUT2D eigenvalue weighted by Gasteiger charge is -2.26. The summed E-state index contributed by atoms with van der Waals surface area (Å²) in [7, 11) is 0. The molecule has 0 spiro atoms. The number of benzene rings is 3. The van der Waals surface area contributed by atoms with Gasteiger partial charge in [0.15, 0.2) is 0 Å². The van der Waals surface area contributed by atoms with Crippen LogP contribution in [0.4, 0.5) is 11.4 Å². The van der Waals surface area contributed by atoms with E-state index in [1.807, 2.05) is 37.3 Å². The molecule has 3 rings (SSSR count). The number of nitrogens with one attached hydrogen (secondary N) is 1. The van der Waals surface area contributed by atoms with E-state index in [9.17, 15) is 39.0 Å². The Hall–Kier alpha value is -5.36. The molecule has 47 heavy (non-hydrogen) atoms. The maximum Gasteiger partial charge on any atom is 0.395 e. The Morgan fingerprint density at radius 1 is 0.872 bits per heavy atom. The molecule has 4 amide bonds. The second-order valence-electron chi connectivity index (χ2n) is 11.1. The number of aromatic carboxylic acids is 1. The van der Waals surface area contributed by atoms with Crippen LogP contribution in [0.2, 0.25) is 0 Å². The average molecular weight is 645 g/mol. The quantitative estimate of drug-likeness (QED) is 0.149. The lowest BCUT2D eigenvalue weighted by molar-refractivity contribution is -0.148. The van der Waals surface area contributed by atoms with Crippen molar-refractivity contribution in [3.05, 3.63) is 95.1 Å². The molecule has 0 radical (unpaired) electrons. The number of unbranched alkanes of at least 4 members (excludes halogenated alkanes) is 1. The number of imide groups is 1. The number of aliphatic carboxylic acids is 1. The van der Waals surface area contributed by atoms with Gasteiger partial charge in [-0.1, -0.05) is 61.5 Å². The number of amides is 4. The predicted octanol–water partition coefficient (Wildman–Crippen LogP) is 3.99. The Morgan fingerprint density at radius 3 is 2.15 bits per heavy atom. The molecule has 0 saturated heterocycles. The molecule has 248 valence electrons. The molecule has 3 aromatic carbocycles. The Labute approximate surface area is 273 Å². The number of hydrogen-bond donors (Lipinski definition) is 4. The standard InChI is InChI=1S/C35H40N4O8/c1-4-25-20-24(17-18-29(25)39(33(43)35(46)47)30-15-9-8-14-27(30)34(44)45)21-28(36)32(42)38(23(3)40)19-11-10-16-31(41)37-22(2)26-12-6-5-7-13-26/h5-9,12-15,17-18,20,22,28H,4,10-11,16,19,21,36H2,1-3H3,(H,37,41)(H,44,45)(H,46,47). The van der Waals surface area contributed by atoms with Crippen LogP contribution in [0.1, 0.15) is 73.1 Å². The fourth-order valence-electron chi connectivity index (χ4n) is 5.22. The number of carboxylic acids is 2. The normalized spacial score (nSPS) is 12.0. The third kappa shape index (κ3) is 9.57. The first-order chi connectivity index (χ1) is 22.3. The molecule has 12 nitrogen and oxygen atoms in total. The first kappa shape index (κ1) is 36.1. The minimum atomic E-state index is -1.77. The summed E-state index contributed by atoms with van der Waals surface area (Å²) in [4.78, 5) is 76.4. The van der Waals surface area contributed by atoms with Gasteiger partial charge < -0.3 is 21.3 Å². The van der Waals surface area contributed by atoms with Crippen LogP contribution < -0.4 is 16.0 Å². The van der Waals surface area contributed by atoms with Crippen LogP contribution in [0.5, 0.6) is 0 Å². The van der Waals surface area contributed by atoms with Crippen molar-refractivity contribution in [2.45, 2.75) is 65.0 Å². The van der Waals surface area contributed by atoms with E-state index in [2.05, 4.69) is 5.32 Å². The van der Waals surface area contributed by atoms with Crippen LogP contribution in [0, 0.1) is 0 Å². The SMILES string of the molecule is CCc1cc(CC(N)C(=O)N(CCCCC(=O)NC(C)c2ccccc2)C(C)=O)ccc1N(C(=O)C(=O)O)c1ccccc1C(=O)O. The summed E-state index contributed by atoms with van der Waals surface area (Å²) in [6.45, 7) is 5.04. The zero-order valence-corrected chi connectivity index (χ0v) is 26.6.